The molecule has 0 unspecified atom stereocenters. The average molecular weight is 195 g/mol. The summed E-state index contributed by atoms with van der Waals surface area (Å²) >= 11 is 0. The molecular formula is C9H17N5. The van der Waals surface area contributed by atoms with Gasteiger partial charge in [0, 0.05) is 19.3 Å². The molecule has 5 nitrogen and oxygen atoms in total. The second-order valence-electron chi connectivity index (χ2n) is 2.89. The molecule has 0 radical (unpaired) electrons. The Balaban J connectivity index is 2.97. The van der Waals surface area contributed by atoms with Crippen LogP contribution in [0.4, 0.5) is 17.2 Å². The summed E-state index contributed by atoms with van der Waals surface area (Å²) in [4.78, 5) is 4.19. The van der Waals surface area contributed by atoms with Crippen LogP contribution >= 0.6 is 0 Å². The highest BCUT2D eigenvalue weighted by molar-refractivity contribution is 5.75. The predicted molar refractivity (Wildman–Crippen MR) is 59.8 cm³/mol. The summed E-state index contributed by atoms with van der Waals surface area (Å²) < 4.78 is 0. The number of hydrogen-bond donors (Lipinski definition) is 3. The monoisotopic (exact) mass is 195 g/mol. The van der Waals surface area contributed by atoms with Crippen molar-refractivity contribution in [3.05, 3.63) is 12.3 Å². The summed E-state index contributed by atoms with van der Waals surface area (Å²) in [6.07, 6.45) is 1.65. The van der Waals surface area contributed by atoms with Gasteiger partial charge in [-0.3, -0.25) is 5.01 Å². The van der Waals surface area contributed by atoms with Crippen molar-refractivity contribution in [2.75, 3.05) is 29.6 Å². The van der Waals surface area contributed by atoms with Crippen molar-refractivity contribution >= 4 is 17.2 Å². The molecule has 0 aliphatic heterocycles. The molecule has 0 amide bonds. The first-order valence-electron chi connectivity index (χ1n) is 4.71. The Morgan fingerprint density at radius 1 is 1.43 bits per heavy atom. The number of rotatable bonds is 4. The lowest BCUT2D eigenvalue weighted by atomic mass is 10.3. The van der Waals surface area contributed by atoms with E-state index in [1.165, 1.54) is 0 Å². The van der Waals surface area contributed by atoms with Gasteiger partial charge in [-0.1, -0.05) is 6.92 Å². The normalized spacial score (nSPS) is 10.1. The molecule has 0 bridgehead atoms. The van der Waals surface area contributed by atoms with E-state index in [9.17, 15) is 0 Å². The minimum Gasteiger partial charge on any atom is -0.397 e. The highest BCUT2D eigenvalue weighted by atomic mass is 15.5. The van der Waals surface area contributed by atoms with Crippen LogP contribution < -0.4 is 21.9 Å². The van der Waals surface area contributed by atoms with Gasteiger partial charge in [0.15, 0.2) is 5.82 Å². The first-order valence-corrected chi connectivity index (χ1v) is 4.71. The fourth-order valence-corrected chi connectivity index (χ4v) is 1.22. The lowest BCUT2D eigenvalue weighted by molar-refractivity contribution is 0.656. The molecule has 0 saturated heterocycles. The van der Waals surface area contributed by atoms with Crippen molar-refractivity contribution in [1.82, 2.24) is 10.4 Å². The third-order valence-corrected chi connectivity index (χ3v) is 1.92. The molecule has 0 spiro atoms. The molecule has 0 aliphatic rings. The van der Waals surface area contributed by atoms with Crippen molar-refractivity contribution in [3.63, 3.8) is 0 Å². The molecule has 14 heavy (non-hydrogen) atoms. The summed E-state index contributed by atoms with van der Waals surface area (Å²) in [5.41, 5.74) is 15.7. The molecule has 1 rings (SSSR count). The molecule has 0 atom stereocenters. The van der Waals surface area contributed by atoms with E-state index in [4.69, 9.17) is 11.5 Å². The topological polar surface area (TPSA) is 80.2 Å². The van der Waals surface area contributed by atoms with E-state index >= 15 is 0 Å². The molecule has 0 saturated carbocycles. The molecule has 5 heteroatoms. The minimum atomic E-state index is 0.523. The Hall–Kier alpha value is -1.49. The second-order valence-corrected chi connectivity index (χ2v) is 2.89. The molecular weight excluding hydrogens is 178 g/mol. The van der Waals surface area contributed by atoms with E-state index in [2.05, 4.69) is 10.4 Å². The standard InChI is InChI=1S/C9H17N5/c1-3-13-14(4-2)9-8(11)7(10)5-6-12-9/h5-6,13H,3-4,11H2,1-2H3,(H2,10,12). The van der Waals surface area contributed by atoms with Crippen molar-refractivity contribution in [3.8, 4) is 0 Å². The molecule has 78 valence electrons. The number of nitrogen functional groups attached to an aromatic ring is 2. The highest BCUT2D eigenvalue weighted by Gasteiger charge is 2.09. The molecule has 1 aromatic rings. The van der Waals surface area contributed by atoms with E-state index in [1.54, 1.807) is 12.3 Å². The number of nitrogens with two attached hydrogens (primary N) is 2. The summed E-state index contributed by atoms with van der Waals surface area (Å²) in [7, 11) is 0. The van der Waals surface area contributed by atoms with Crippen molar-refractivity contribution in [1.29, 1.82) is 0 Å². The number of nitrogens with one attached hydrogen (secondary N) is 1. The van der Waals surface area contributed by atoms with Crippen LogP contribution in [0.5, 0.6) is 0 Å². The van der Waals surface area contributed by atoms with Gasteiger partial charge in [0.05, 0.1) is 11.4 Å². The third-order valence-electron chi connectivity index (χ3n) is 1.92. The Bertz CT molecular complexity index is 299. The molecule has 5 N–H and O–H groups in total. The van der Waals surface area contributed by atoms with Gasteiger partial charge < -0.3 is 11.5 Å². The maximum atomic E-state index is 5.82. The number of anilines is 3. The average Bonchev–Trinajstić information content (AvgIpc) is 2.19. The zero-order valence-electron chi connectivity index (χ0n) is 8.62. The number of hydrogen-bond acceptors (Lipinski definition) is 5. The predicted octanol–water partition coefficient (Wildman–Crippen LogP) is 0.597. The summed E-state index contributed by atoms with van der Waals surface area (Å²) in [5.74, 6) is 0.689. The van der Waals surface area contributed by atoms with Gasteiger partial charge in [-0.15, -0.1) is 0 Å². The molecule has 1 heterocycles. The van der Waals surface area contributed by atoms with Crippen molar-refractivity contribution < 1.29 is 0 Å². The SMILES string of the molecule is CCNN(CC)c1nccc(N)c1N. The van der Waals surface area contributed by atoms with Gasteiger partial charge in [-0.05, 0) is 13.0 Å². The number of aromatic nitrogens is 1. The fraction of sp³-hybridized carbons (Fsp3) is 0.444. The third kappa shape index (κ3) is 2.05. The van der Waals surface area contributed by atoms with Crippen molar-refractivity contribution in [2.24, 2.45) is 0 Å². The minimum absolute atomic E-state index is 0.523. The quantitative estimate of drug-likeness (QED) is 0.613. The summed E-state index contributed by atoms with van der Waals surface area (Å²) in [6.45, 7) is 5.65. The van der Waals surface area contributed by atoms with Crippen LogP contribution in [0.2, 0.25) is 0 Å². The maximum absolute atomic E-state index is 5.82. The first kappa shape index (κ1) is 10.6. The zero-order valence-corrected chi connectivity index (χ0v) is 8.62. The van der Waals surface area contributed by atoms with Crippen LogP contribution in [-0.2, 0) is 0 Å². The lowest BCUT2D eigenvalue weighted by Gasteiger charge is -2.23. The Labute approximate surface area is 84.1 Å². The van der Waals surface area contributed by atoms with Crippen LogP contribution in [0.1, 0.15) is 13.8 Å². The van der Waals surface area contributed by atoms with Crippen molar-refractivity contribution in [2.45, 2.75) is 13.8 Å². The highest BCUT2D eigenvalue weighted by Crippen LogP contribution is 2.23. The molecule has 0 fully saturated rings. The van der Waals surface area contributed by atoms with E-state index in [0.717, 1.165) is 13.1 Å². The lowest BCUT2D eigenvalue weighted by Crippen LogP contribution is -2.38. The van der Waals surface area contributed by atoms with Crippen LogP contribution in [0.3, 0.4) is 0 Å². The van der Waals surface area contributed by atoms with Gasteiger partial charge in [0.25, 0.3) is 0 Å². The van der Waals surface area contributed by atoms with Crippen LogP contribution in [0.15, 0.2) is 12.3 Å². The van der Waals surface area contributed by atoms with Gasteiger partial charge in [0.1, 0.15) is 0 Å². The van der Waals surface area contributed by atoms with Gasteiger partial charge >= 0.3 is 0 Å². The number of nitrogens with zero attached hydrogens (tertiary/aromatic N) is 2. The van der Waals surface area contributed by atoms with E-state index in [-0.39, 0.29) is 0 Å². The van der Waals surface area contributed by atoms with E-state index in [1.807, 2.05) is 18.9 Å². The fourth-order valence-electron chi connectivity index (χ4n) is 1.22. The van der Waals surface area contributed by atoms with E-state index in [0.29, 0.717) is 17.2 Å². The Morgan fingerprint density at radius 3 is 2.71 bits per heavy atom. The first-order chi connectivity index (χ1) is 6.70. The molecule has 0 aliphatic carbocycles. The molecule has 1 aromatic heterocycles. The van der Waals surface area contributed by atoms with E-state index < -0.39 is 0 Å². The Morgan fingerprint density at radius 2 is 2.14 bits per heavy atom. The maximum Gasteiger partial charge on any atom is 0.168 e. The van der Waals surface area contributed by atoms with Gasteiger partial charge in [-0.2, -0.15) is 0 Å². The zero-order chi connectivity index (χ0) is 10.6. The summed E-state index contributed by atoms with van der Waals surface area (Å²) in [6, 6.07) is 1.69. The number of hydrazine groups is 1. The van der Waals surface area contributed by atoms with Crippen LogP contribution in [0.25, 0.3) is 0 Å². The number of pyridine rings is 1. The van der Waals surface area contributed by atoms with Gasteiger partial charge in [-0.25, -0.2) is 10.4 Å². The van der Waals surface area contributed by atoms with Gasteiger partial charge in [0.2, 0.25) is 0 Å². The largest absolute Gasteiger partial charge is 0.397 e. The molecule has 0 aromatic carbocycles. The second kappa shape index (κ2) is 4.66. The summed E-state index contributed by atoms with van der Waals surface area (Å²) in [5, 5.41) is 1.88. The van der Waals surface area contributed by atoms with Crippen LogP contribution in [0, 0.1) is 0 Å². The Kier molecular flexibility index (Phi) is 3.53. The smallest absolute Gasteiger partial charge is 0.168 e. The van der Waals surface area contributed by atoms with Crippen LogP contribution in [-0.4, -0.2) is 18.1 Å².